The monoisotopic (exact) mass is 387 g/mol. The number of nitrogens with one attached hydrogen (secondary N) is 1. The number of halogens is 2. The second kappa shape index (κ2) is 5.79. The third kappa shape index (κ3) is 3.39. The summed E-state index contributed by atoms with van der Waals surface area (Å²) in [5.74, 6) is -0.473. The van der Waals surface area contributed by atoms with Gasteiger partial charge in [-0.05, 0) is 47.1 Å². The predicted octanol–water partition coefficient (Wildman–Crippen LogP) is 4.42. The van der Waals surface area contributed by atoms with Crippen LogP contribution in [0.4, 0.5) is 5.69 Å². The van der Waals surface area contributed by atoms with Gasteiger partial charge in [-0.2, -0.15) is 0 Å². The number of carboxylic acid groups (broad SMARTS) is 1. The van der Waals surface area contributed by atoms with Crippen LogP contribution in [0, 0.1) is 6.92 Å². The second-order valence-corrected chi connectivity index (χ2v) is 5.78. The van der Waals surface area contributed by atoms with Crippen LogP contribution < -0.4 is 5.32 Å². The van der Waals surface area contributed by atoms with Crippen LogP contribution in [-0.2, 0) is 6.54 Å². The Kier molecular flexibility index (Phi) is 4.31. The van der Waals surface area contributed by atoms with Crippen molar-refractivity contribution in [1.29, 1.82) is 0 Å². The van der Waals surface area contributed by atoms with E-state index in [2.05, 4.69) is 37.2 Å². The summed E-state index contributed by atoms with van der Waals surface area (Å²) in [6.07, 6.45) is 0. The summed E-state index contributed by atoms with van der Waals surface area (Å²) in [5, 5.41) is 12.1. The van der Waals surface area contributed by atoms with E-state index in [0.717, 1.165) is 14.6 Å². The third-order valence-electron chi connectivity index (χ3n) is 2.54. The van der Waals surface area contributed by atoms with Crippen molar-refractivity contribution in [1.82, 2.24) is 0 Å². The maximum absolute atomic E-state index is 10.9. The molecular formula is C13H11Br2NO3. The summed E-state index contributed by atoms with van der Waals surface area (Å²) >= 11 is 6.83. The van der Waals surface area contributed by atoms with Gasteiger partial charge < -0.3 is 14.8 Å². The molecule has 1 aromatic heterocycles. The largest absolute Gasteiger partial charge is 0.475 e. The molecule has 4 nitrogen and oxygen atoms in total. The standard InChI is InChI=1S/C13H11Br2NO3/c1-7-4-9(19-12(7)13(17)18)6-16-11-5-8(14)2-3-10(11)15/h2-5,16H,6H2,1H3,(H,17,18). The number of hydrogen-bond acceptors (Lipinski definition) is 3. The molecule has 0 fully saturated rings. The Morgan fingerprint density at radius 1 is 1.37 bits per heavy atom. The molecule has 1 heterocycles. The highest BCUT2D eigenvalue weighted by molar-refractivity contribution is 9.11. The average molecular weight is 389 g/mol. The van der Waals surface area contributed by atoms with E-state index in [0.29, 0.717) is 17.9 Å². The minimum Gasteiger partial charge on any atom is -0.475 e. The van der Waals surface area contributed by atoms with E-state index in [4.69, 9.17) is 9.52 Å². The van der Waals surface area contributed by atoms with Crippen molar-refractivity contribution < 1.29 is 14.3 Å². The maximum Gasteiger partial charge on any atom is 0.372 e. The van der Waals surface area contributed by atoms with Crippen molar-refractivity contribution in [2.45, 2.75) is 13.5 Å². The molecule has 2 N–H and O–H groups in total. The smallest absolute Gasteiger partial charge is 0.372 e. The fourth-order valence-electron chi connectivity index (χ4n) is 1.66. The normalized spacial score (nSPS) is 10.5. The van der Waals surface area contributed by atoms with Crippen molar-refractivity contribution >= 4 is 43.5 Å². The van der Waals surface area contributed by atoms with Crippen molar-refractivity contribution in [3.8, 4) is 0 Å². The lowest BCUT2D eigenvalue weighted by Gasteiger charge is -2.07. The third-order valence-corrected chi connectivity index (χ3v) is 3.73. The molecule has 100 valence electrons. The Morgan fingerprint density at radius 3 is 2.74 bits per heavy atom. The molecule has 6 heteroatoms. The molecule has 2 rings (SSSR count). The molecule has 0 saturated heterocycles. The summed E-state index contributed by atoms with van der Waals surface area (Å²) in [5.41, 5.74) is 1.53. The Balaban J connectivity index is 2.12. The number of rotatable bonds is 4. The molecule has 0 unspecified atom stereocenters. The molecule has 2 aromatic rings. The highest BCUT2D eigenvalue weighted by Gasteiger charge is 2.14. The van der Waals surface area contributed by atoms with Gasteiger partial charge in [-0.15, -0.1) is 0 Å². The Labute approximate surface area is 127 Å². The molecule has 0 amide bonds. The quantitative estimate of drug-likeness (QED) is 0.813. The Bertz CT molecular complexity index is 622. The van der Waals surface area contributed by atoms with Crippen molar-refractivity contribution in [3.63, 3.8) is 0 Å². The molecule has 0 aliphatic rings. The van der Waals surface area contributed by atoms with Crippen molar-refractivity contribution in [3.05, 3.63) is 50.3 Å². The molecule has 0 spiro atoms. The maximum atomic E-state index is 10.9. The first-order valence-corrected chi connectivity index (χ1v) is 7.07. The van der Waals surface area contributed by atoms with Crippen LogP contribution in [0.3, 0.4) is 0 Å². The number of hydrogen-bond donors (Lipinski definition) is 2. The number of furan rings is 1. The van der Waals surface area contributed by atoms with E-state index in [9.17, 15) is 4.79 Å². The lowest BCUT2D eigenvalue weighted by molar-refractivity contribution is 0.0659. The SMILES string of the molecule is Cc1cc(CNc2cc(Br)ccc2Br)oc1C(=O)O. The topological polar surface area (TPSA) is 62.5 Å². The van der Waals surface area contributed by atoms with Gasteiger partial charge in [0.05, 0.1) is 6.54 Å². The zero-order valence-corrected chi connectivity index (χ0v) is 13.2. The molecule has 0 bridgehead atoms. The summed E-state index contributed by atoms with van der Waals surface area (Å²) in [4.78, 5) is 10.9. The summed E-state index contributed by atoms with van der Waals surface area (Å²) in [6, 6.07) is 7.50. The second-order valence-electron chi connectivity index (χ2n) is 4.01. The van der Waals surface area contributed by atoms with Crippen LogP contribution >= 0.6 is 31.9 Å². The number of carbonyl (C=O) groups is 1. The predicted molar refractivity (Wildman–Crippen MR) is 79.6 cm³/mol. The minimum absolute atomic E-state index is 0.00916. The zero-order valence-electron chi connectivity index (χ0n) is 10.0. The molecular weight excluding hydrogens is 378 g/mol. The van der Waals surface area contributed by atoms with Gasteiger partial charge in [-0.25, -0.2) is 4.79 Å². The molecule has 0 aliphatic carbocycles. The molecule has 1 aromatic carbocycles. The van der Waals surface area contributed by atoms with Crippen molar-refractivity contribution in [2.24, 2.45) is 0 Å². The first kappa shape index (κ1) is 14.1. The van der Waals surface area contributed by atoms with Gasteiger partial charge in [0.15, 0.2) is 0 Å². The van der Waals surface area contributed by atoms with Crippen LogP contribution in [-0.4, -0.2) is 11.1 Å². The minimum atomic E-state index is -1.05. The Hall–Kier alpha value is -1.27. The van der Waals surface area contributed by atoms with Crippen LogP contribution in [0.2, 0.25) is 0 Å². The van der Waals surface area contributed by atoms with Gasteiger partial charge in [-0.1, -0.05) is 15.9 Å². The highest BCUT2D eigenvalue weighted by atomic mass is 79.9. The van der Waals surface area contributed by atoms with Crippen LogP contribution in [0.1, 0.15) is 21.9 Å². The fourth-order valence-corrected chi connectivity index (χ4v) is 2.41. The van der Waals surface area contributed by atoms with E-state index in [-0.39, 0.29) is 5.76 Å². The molecule has 0 aliphatic heterocycles. The lowest BCUT2D eigenvalue weighted by atomic mass is 10.2. The van der Waals surface area contributed by atoms with Gasteiger partial charge in [0, 0.05) is 20.2 Å². The van der Waals surface area contributed by atoms with Crippen LogP contribution in [0.15, 0.2) is 37.6 Å². The number of benzene rings is 1. The van der Waals surface area contributed by atoms with E-state index >= 15 is 0 Å². The van der Waals surface area contributed by atoms with Crippen molar-refractivity contribution in [2.75, 3.05) is 5.32 Å². The first-order valence-electron chi connectivity index (χ1n) is 5.49. The first-order chi connectivity index (χ1) is 8.97. The van der Waals surface area contributed by atoms with Gasteiger partial charge in [0.25, 0.3) is 0 Å². The molecule has 0 saturated carbocycles. The highest BCUT2D eigenvalue weighted by Crippen LogP contribution is 2.27. The van der Waals surface area contributed by atoms with E-state index < -0.39 is 5.97 Å². The fraction of sp³-hybridized carbons (Fsp3) is 0.154. The molecule has 0 atom stereocenters. The van der Waals surface area contributed by atoms with Gasteiger partial charge in [0.1, 0.15) is 5.76 Å². The van der Waals surface area contributed by atoms with E-state index in [1.807, 2.05) is 18.2 Å². The molecule has 19 heavy (non-hydrogen) atoms. The van der Waals surface area contributed by atoms with E-state index in [1.165, 1.54) is 0 Å². The van der Waals surface area contributed by atoms with Gasteiger partial charge in [0.2, 0.25) is 5.76 Å². The number of aryl methyl sites for hydroxylation is 1. The number of carboxylic acids is 1. The van der Waals surface area contributed by atoms with Gasteiger partial charge >= 0.3 is 5.97 Å². The zero-order chi connectivity index (χ0) is 14.0. The van der Waals surface area contributed by atoms with Gasteiger partial charge in [-0.3, -0.25) is 0 Å². The van der Waals surface area contributed by atoms with E-state index in [1.54, 1.807) is 13.0 Å². The lowest BCUT2D eigenvalue weighted by Crippen LogP contribution is -1.99. The van der Waals surface area contributed by atoms with Crippen LogP contribution in [0.5, 0.6) is 0 Å². The summed E-state index contributed by atoms with van der Waals surface area (Å²) < 4.78 is 7.17. The Morgan fingerprint density at radius 2 is 2.11 bits per heavy atom. The van der Waals surface area contributed by atoms with Crippen LogP contribution in [0.25, 0.3) is 0 Å². The number of anilines is 1. The summed E-state index contributed by atoms with van der Waals surface area (Å²) in [7, 11) is 0. The number of aromatic carboxylic acids is 1. The summed E-state index contributed by atoms with van der Waals surface area (Å²) in [6.45, 7) is 2.13. The molecule has 0 radical (unpaired) electrons. The average Bonchev–Trinajstić information content (AvgIpc) is 2.72.